The molecule has 1 aliphatic heterocycles. The fraction of sp³-hybridized carbons (Fsp3) is 0.538. The molecule has 1 atom stereocenters. The molecule has 0 spiro atoms. The van der Waals surface area contributed by atoms with E-state index < -0.39 is 10.0 Å². The van der Waals surface area contributed by atoms with Crippen LogP contribution in [0.5, 0.6) is 0 Å². The van der Waals surface area contributed by atoms with Gasteiger partial charge < -0.3 is 15.5 Å². The first kappa shape index (κ1) is 27.8. The lowest BCUT2D eigenvalue weighted by molar-refractivity contribution is -0.136. The highest BCUT2D eigenvalue weighted by atomic mass is 32.2. The number of nitrogens with zero attached hydrogens (tertiary/aromatic N) is 4. The summed E-state index contributed by atoms with van der Waals surface area (Å²) < 4.78 is 27.7. The Morgan fingerprint density at radius 1 is 1.08 bits per heavy atom. The first-order chi connectivity index (χ1) is 18.1. The Bertz CT molecular complexity index is 1280. The zero-order valence-electron chi connectivity index (χ0n) is 22.0. The van der Waals surface area contributed by atoms with Crippen LogP contribution in [0.2, 0.25) is 0 Å². The van der Waals surface area contributed by atoms with E-state index in [9.17, 15) is 22.8 Å². The minimum absolute atomic E-state index is 0.0782. The van der Waals surface area contributed by atoms with Crippen molar-refractivity contribution in [2.75, 3.05) is 39.0 Å². The van der Waals surface area contributed by atoms with E-state index in [1.807, 2.05) is 30.3 Å². The second-order valence-corrected chi connectivity index (χ2v) is 12.0. The molecular weight excluding hydrogens is 508 g/mol. The van der Waals surface area contributed by atoms with Crippen molar-refractivity contribution in [3.8, 4) is 0 Å². The van der Waals surface area contributed by atoms with Gasteiger partial charge in [-0.3, -0.25) is 19.1 Å². The Morgan fingerprint density at radius 3 is 2.58 bits per heavy atom. The van der Waals surface area contributed by atoms with Gasteiger partial charge in [-0.05, 0) is 37.7 Å². The number of amides is 3. The molecule has 38 heavy (non-hydrogen) atoms. The number of carbonyl (C=O) groups is 3. The van der Waals surface area contributed by atoms with Crippen LogP contribution in [-0.2, 0) is 45.9 Å². The molecule has 0 saturated carbocycles. The second kappa shape index (κ2) is 12.1. The molecule has 11 nitrogen and oxygen atoms in total. The fourth-order valence-electron chi connectivity index (χ4n) is 5.13. The van der Waals surface area contributed by atoms with E-state index in [4.69, 9.17) is 0 Å². The minimum Gasteiger partial charge on any atom is -0.351 e. The summed E-state index contributed by atoms with van der Waals surface area (Å²) in [6.45, 7) is 0.653. The van der Waals surface area contributed by atoms with Gasteiger partial charge in [0.2, 0.25) is 21.8 Å². The molecule has 12 heteroatoms. The maximum Gasteiger partial charge on any atom is 0.272 e. The first-order valence-electron chi connectivity index (χ1n) is 13.0. The highest BCUT2D eigenvalue weighted by Gasteiger charge is 2.30. The highest BCUT2D eigenvalue weighted by molar-refractivity contribution is 7.88. The first-order valence-corrected chi connectivity index (χ1v) is 14.9. The molecule has 1 aromatic carbocycles. The summed E-state index contributed by atoms with van der Waals surface area (Å²) in [5.74, 6) is -0.812. The number of aromatic nitrogens is 2. The van der Waals surface area contributed by atoms with Crippen LogP contribution in [0.4, 0.5) is 0 Å². The standard InChI is InChI=1S/C26H36N6O5S/c1-30-22-11-10-20-17-21(22)25(29-30)26(35)27-13-16-32(38(2,36)37)14-6-9-24(34)31(18-23(33)28-20)15-12-19-7-4-3-5-8-19/h3-5,7-8,20H,6,9-18H2,1-2H3,(H,27,35)(H,28,33). The lowest BCUT2D eigenvalue weighted by Gasteiger charge is -2.27. The molecule has 206 valence electrons. The fourth-order valence-corrected chi connectivity index (χ4v) is 6.01. The van der Waals surface area contributed by atoms with Gasteiger partial charge >= 0.3 is 0 Å². The number of sulfonamides is 1. The summed E-state index contributed by atoms with van der Waals surface area (Å²) in [5, 5.41) is 10.3. The van der Waals surface area contributed by atoms with Gasteiger partial charge in [0.1, 0.15) is 0 Å². The van der Waals surface area contributed by atoms with Crippen molar-refractivity contribution >= 4 is 27.7 Å². The zero-order chi connectivity index (χ0) is 27.3. The number of fused-ring (bicyclic) bond motifs is 1. The second-order valence-electron chi connectivity index (χ2n) is 9.98. The molecule has 1 aliphatic carbocycles. The molecule has 2 bridgehead atoms. The van der Waals surface area contributed by atoms with Gasteiger partial charge in [-0.2, -0.15) is 5.10 Å². The van der Waals surface area contributed by atoms with Crippen LogP contribution >= 0.6 is 0 Å². The molecule has 0 saturated heterocycles. The number of benzene rings is 1. The van der Waals surface area contributed by atoms with E-state index >= 15 is 0 Å². The van der Waals surface area contributed by atoms with Crippen molar-refractivity contribution < 1.29 is 22.8 Å². The molecule has 1 unspecified atom stereocenters. The van der Waals surface area contributed by atoms with E-state index in [-0.39, 0.29) is 56.4 Å². The quantitative estimate of drug-likeness (QED) is 0.567. The van der Waals surface area contributed by atoms with Crippen molar-refractivity contribution in [2.24, 2.45) is 7.05 Å². The van der Waals surface area contributed by atoms with Crippen LogP contribution in [0.25, 0.3) is 0 Å². The maximum absolute atomic E-state index is 13.2. The number of carbonyl (C=O) groups excluding carboxylic acids is 3. The van der Waals surface area contributed by atoms with Gasteiger partial charge in [0.15, 0.2) is 5.69 Å². The van der Waals surface area contributed by atoms with Crippen LogP contribution in [0.15, 0.2) is 30.3 Å². The predicted octanol–water partition coefficient (Wildman–Crippen LogP) is 0.250. The summed E-state index contributed by atoms with van der Waals surface area (Å²) in [4.78, 5) is 40.7. The van der Waals surface area contributed by atoms with Crippen LogP contribution < -0.4 is 10.6 Å². The predicted molar refractivity (Wildman–Crippen MR) is 142 cm³/mol. The number of hydrogen-bond donors (Lipinski definition) is 2. The number of nitrogens with one attached hydrogen (secondary N) is 2. The molecule has 2 aromatic rings. The van der Waals surface area contributed by atoms with E-state index in [2.05, 4.69) is 15.7 Å². The largest absolute Gasteiger partial charge is 0.351 e. The van der Waals surface area contributed by atoms with Gasteiger partial charge in [0, 0.05) is 56.9 Å². The van der Waals surface area contributed by atoms with Crippen molar-refractivity contribution in [3.63, 3.8) is 0 Å². The summed E-state index contributed by atoms with van der Waals surface area (Å²) in [7, 11) is -1.75. The molecule has 1 aromatic heterocycles. The minimum atomic E-state index is -3.54. The van der Waals surface area contributed by atoms with Crippen LogP contribution in [0.3, 0.4) is 0 Å². The number of hydrogen-bond acceptors (Lipinski definition) is 6. The Hall–Kier alpha value is -3.25. The van der Waals surface area contributed by atoms with Crippen molar-refractivity contribution in [3.05, 3.63) is 52.8 Å². The highest BCUT2D eigenvalue weighted by Crippen LogP contribution is 2.24. The molecule has 2 aliphatic rings. The molecule has 0 fully saturated rings. The lowest BCUT2D eigenvalue weighted by atomic mass is 9.91. The lowest BCUT2D eigenvalue weighted by Crippen LogP contribution is -2.46. The number of rotatable bonds is 4. The van der Waals surface area contributed by atoms with Crippen molar-refractivity contribution in [2.45, 2.75) is 44.6 Å². The Kier molecular flexibility index (Phi) is 8.83. The van der Waals surface area contributed by atoms with Crippen LogP contribution in [0.1, 0.15) is 46.6 Å². The molecular formula is C26H36N6O5S. The molecule has 2 heterocycles. The third-order valence-corrected chi connectivity index (χ3v) is 8.45. The van der Waals surface area contributed by atoms with Crippen LogP contribution in [0, 0.1) is 0 Å². The monoisotopic (exact) mass is 544 g/mol. The maximum atomic E-state index is 13.2. The molecule has 0 radical (unpaired) electrons. The third-order valence-electron chi connectivity index (χ3n) is 7.15. The van der Waals surface area contributed by atoms with E-state index in [1.165, 1.54) is 4.31 Å². The van der Waals surface area contributed by atoms with Gasteiger partial charge in [-0.15, -0.1) is 0 Å². The normalized spacial score (nSPS) is 20.5. The smallest absolute Gasteiger partial charge is 0.272 e. The van der Waals surface area contributed by atoms with Gasteiger partial charge in [0.25, 0.3) is 5.91 Å². The van der Waals surface area contributed by atoms with E-state index in [0.717, 1.165) is 23.1 Å². The molecule has 2 N–H and O–H groups in total. The third kappa shape index (κ3) is 6.98. The Balaban J connectivity index is 1.56. The summed E-state index contributed by atoms with van der Waals surface area (Å²) >= 11 is 0. The summed E-state index contributed by atoms with van der Waals surface area (Å²) in [6, 6.07) is 9.59. The average molecular weight is 545 g/mol. The van der Waals surface area contributed by atoms with Gasteiger partial charge in [-0.1, -0.05) is 30.3 Å². The van der Waals surface area contributed by atoms with Crippen molar-refractivity contribution in [1.82, 2.24) is 29.6 Å². The average Bonchev–Trinajstić information content (AvgIpc) is 3.20. The van der Waals surface area contributed by atoms with Crippen molar-refractivity contribution in [1.29, 1.82) is 0 Å². The van der Waals surface area contributed by atoms with Gasteiger partial charge in [0.05, 0.1) is 12.8 Å². The summed E-state index contributed by atoms with van der Waals surface area (Å²) in [6.07, 6.45) is 3.98. The zero-order valence-corrected chi connectivity index (χ0v) is 22.8. The Morgan fingerprint density at radius 2 is 1.84 bits per heavy atom. The van der Waals surface area contributed by atoms with E-state index in [0.29, 0.717) is 44.3 Å². The topological polar surface area (TPSA) is 134 Å². The SMILES string of the molecule is Cn1nc2c3c1CCC(C3)NC(=O)CN(CCc1ccccc1)C(=O)CCCN(S(C)(=O)=O)CCNC2=O. The molecule has 3 amide bonds. The van der Waals surface area contributed by atoms with Crippen LogP contribution in [-0.4, -0.2) is 90.1 Å². The van der Waals surface area contributed by atoms with Gasteiger partial charge in [-0.25, -0.2) is 12.7 Å². The van der Waals surface area contributed by atoms with E-state index in [1.54, 1.807) is 16.6 Å². The Labute approximate surface area is 223 Å². The number of aryl methyl sites for hydroxylation is 1. The molecule has 4 rings (SSSR count). The summed E-state index contributed by atoms with van der Waals surface area (Å²) in [5.41, 5.74) is 3.11.